The van der Waals surface area contributed by atoms with Crippen LogP contribution < -0.4 is 11.1 Å². The van der Waals surface area contributed by atoms with Crippen molar-refractivity contribution in [3.8, 4) is 0 Å². The Morgan fingerprint density at radius 3 is 2.50 bits per heavy atom. The van der Waals surface area contributed by atoms with Crippen molar-refractivity contribution < 1.29 is 9.94 Å². The van der Waals surface area contributed by atoms with Crippen molar-refractivity contribution in [2.45, 2.75) is 32.4 Å². The van der Waals surface area contributed by atoms with E-state index in [-0.39, 0.29) is 17.9 Å². The Morgan fingerprint density at radius 1 is 1.35 bits per heavy atom. The molecule has 112 valence electrons. The molecule has 0 aliphatic heterocycles. The Bertz CT molecular complexity index is 407. The summed E-state index contributed by atoms with van der Waals surface area (Å²) in [5.41, 5.74) is 6.78. The van der Waals surface area contributed by atoms with Gasteiger partial charge in [0.2, 0.25) is 0 Å². The SMILES string of the molecule is COCC(NC(CC(N)=NO)c1ccccc1)C(C)C. The lowest BCUT2D eigenvalue weighted by molar-refractivity contribution is 0.140. The van der Waals surface area contributed by atoms with Crippen LogP contribution in [-0.4, -0.2) is 30.8 Å². The third kappa shape index (κ3) is 5.19. The third-order valence-corrected chi connectivity index (χ3v) is 3.31. The predicted octanol–water partition coefficient (Wildman–Crippen LogP) is 2.12. The zero-order chi connectivity index (χ0) is 15.0. The molecule has 4 N–H and O–H groups in total. The molecule has 0 aliphatic carbocycles. The van der Waals surface area contributed by atoms with Gasteiger partial charge in [0, 0.05) is 25.6 Å². The molecule has 2 atom stereocenters. The minimum Gasteiger partial charge on any atom is -0.409 e. The van der Waals surface area contributed by atoms with Crippen molar-refractivity contribution in [1.29, 1.82) is 0 Å². The average Bonchev–Trinajstić information content (AvgIpc) is 2.46. The summed E-state index contributed by atoms with van der Waals surface area (Å²) in [6, 6.07) is 10.2. The maximum Gasteiger partial charge on any atom is 0.141 e. The van der Waals surface area contributed by atoms with Gasteiger partial charge in [-0.2, -0.15) is 0 Å². The number of nitrogens with two attached hydrogens (primary N) is 1. The molecule has 0 saturated heterocycles. The number of amidine groups is 1. The molecule has 0 bridgehead atoms. The van der Waals surface area contributed by atoms with Crippen LogP contribution in [0.3, 0.4) is 0 Å². The van der Waals surface area contributed by atoms with Crippen LogP contribution in [0.5, 0.6) is 0 Å². The molecule has 0 amide bonds. The molecule has 0 radical (unpaired) electrons. The molecule has 1 rings (SSSR count). The number of rotatable bonds is 8. The first-order valence-electron chi connectivity index (χ1n) is 6.84. The molecule has 0 saturated carbocycles. The van der Waals surface area contributed by atoms with Crippen molar-refractivity contribution in [1.82, 2.24) is 5.32 Å². The van der Waals surface area contributed by atoms with Gasteiger partial charge in [0.15, 0.2) is 0 Å². The Balaban J connectivity index is 2.87. The number of nitrogens with one attached hydrogen (secondary N) is 1. The van der Waals surface area contributed by atoms with E-state index in [9.17, 15) is 0 Å². The zero-order valence-electron chi connectivity index (χ0n) is 12.4. The number of benzene rings is 1. The number of ether oxygens (including phenoxy) is 1. The van der Waals surface area contributed by atoms with Crippen molar-refractivity contribution in [2.24, 2.45) is 16.8 Å². The predicted molar refractivity (Wildman–Crippen MR) is 80.8 cm³/mol. The van der Waals surface area contributed by atoms with Gasteiger partial charge in [0.25, 0.3) is 0 Å². The van der Waals surface area contributed by atoms with Crippen molar-refractivity contribution >= 4 is 5.84 Å². The van der Waals surface area contributed by atoms with E-state index in [2.05, 4.69) is 24.3 Å². The molecule has 5 nitrogen and oxygen atoms in total. The Morgan fingerprint density at radius 2 is 2.00 bits per heavy atom. The summed E-state index contributed by atoms with van der Waals surface area (Å²) in [5.74, 6) is 0.639. The normalized spacial score (nSPS) is 15.3. The van der Waals surface area contributed by atoms with Crippen LogP contribution >= 0.6 is 0 Å². The zero-order valence-corrected chi connectivity index (χ0v) is 12.4. The Kier molecular flexibility index (Phi) is 7.04. The summed E-state index contributed by atoms with van der Waals surface area (Å²) >= 11 is 0. The quantitative estimate of drug-likeness (QED) is 0.295. The average molecular weight is 279 g/mol. The number of nitrogens with zero attached hydrogens (tertiary/aromatic N) is 1. The van der Waals surface area contributed by atoms with Crippen LogP contribution in [0.15, 0.2) is 35.5 Å². The highest BCUT2D eigenvalue weighted by molar-refractivity contribution is 5.80. The lowest BCUT2D eigenvalue weighted by Gasteiger charge is -2.28. The Labute approximate surface area is 120 Å². The summed E-state index contributed by atoms with van der Waals surface area (Å²) in [6.07, 6.45) is 0.452. The van der Waals surface area contributed by atoms with Crippen molar-refractivity contribution in [2.75, 3.05) is 13.7 Å². The monoisotopic (exact) mass is 279 g/mol. The minimum atomic E-state index is -0.00495. The first-order valence-corrected chi connectivity index (χ1v) is 6.84. The highest BCUT2D eigenvalue weighted by Gasteiger charge is 2.20. The van der Waals surface area contributed by atoms with Crippen molar-refractivity contribution in [3.63, 3.8) is 0 Å². The molecule has 0 spiro atoms. The van der Waals surface area contributed by atoms with Gasteiger partial charge in [-0.15, -0.1) is 0 Å². The van der Waals surface area contributed by atoms with E-state index in [0.717, 1.165) is 5.56 Å². The van der Waals surface area contributed by atoms with Gasteiger partial charge < -0.3 is 21.0 Å². The first-order chi connectivity index (χ1) is 9.58. The largest absolute Gasteiger partial charge is 0.409 e. The fourth-order valence-electron chi connectivity index (χ4n) is 2.08. The van der Waals surface area contributed by atoms with Gasteiger partial charge in [0.05, 0.1) is 6.61 Å². The van der Waals surface area contributed by atoms with E-state index in [1.807, 2.05) is 30.3 Å². The fraction of sp³-hybridized carbons (Fsp3) is 0.533. The molecule has 1 aromatic rings. The maximum atomic E-state index is 8.79. The molecule has 0 fully saturated rings. The summed E-state index contributed by atoms with van der Waals surface area (Å²) in [4.78, 5) is 0. The van der Waals surface area contributed by atoms with Crippen LogP contribution in [0, 0.1) is 5.92 Å². The first kappa shape index (κ1) is 16.5. The molecule has 0 aliphatic rings. The molecule has 0 heterocycles. The van der Waals surface area contributed by atoms with Gasteiger partial charge in [0.1, 0.15) is 5.84 Å². The van der Waals surface area contributed by atoms with Crippen molar-refractivity contribution in [3.05, 3.63) is 35.9 Å². The van der Waals surface area contributed by atoms with Gasteiger partial charge in [-0.25, -0.2) is 0 Å². The second-order valence-corrected chi connectivity index (χ2v) is 5.23. The molecule has 5 heteroatoms. The van der Waals surface area contributed by atoms with Gasteiger partial charge >= 0.3 is 0 Å². The van der Waals surface area contributed by atoms with Crippen LogP contribution in [0.4, 0.5) is 0 Å². The van der Waals surface area contributed by atoms with E-state index in [0.29, 0.717) is 18.9 Å². The summed E-state index contributed by atoms with van der Waals surface area (Å²) in [6.45, 7) is 4.90. The summed E-state index contributed by atoms with van der Waals surface area (Å²) < 4.78 is 5.26. The lowest BCUT2D eigenvalue weighted by Crippen LogP contribution is -2.41. The van der Waals surface area contributed by atoms with E-state index < -0.39 is 0 Å². The second-order valence-electron chi connectivity index (χ2n) is 5.23. The second kappa shape index (κ2) is 8.55. The van der Waals surface area contributed by atoms with E-state index in [4.69, 9.17) is 15.7 Å². The van der Waals surface area contributed by atoms with E-state index >= 15 is 0 Å². The van der Waals surface area contributed by atoms with Crippen LogP contribution in [0.2, 0.25) is 0 Å². The number of hydrogen-bond acceptors (Lipinski definition) is 4. The molecule has 0 aromatic heterocycles. The van der Waals surface area contributed by atoms with Gasteiger partial charge in [-0.1, -0.05) is 49.3 Å². The molecule has 1 aromatic carbocycles. The molecule has 2 unspecified atom stereocenters. The maximum absolute atomic E-state index is 8.79. The smallest absolute Gasteiger partial charge is 0.141 e. The number of hydrogen-bond donors (Lipinski definition) is 3. The summed E-state index contributed by atoms with van der Waals surface area (Å²) in [7, 11) is 1.69. The molecular formula is C15H25N3O2. The van der Waals surface area contributed by atoms with Crippen LogP contribution in [0.1, 0.15) is 31.9 Å². The summed E-state index contributed by atoms with van der Waals surface area (Å²) in [5, 5.41) is 15.4. The topological polar surface area (TPSA) is 79.9 Å². The Hall–Kier alpha value is -1.59. The van der Waals surface area contributed by atoms with Gasteiger partial charge in [-0.05, 0) is 11.5 Å². The third-order valence-electron chi connectivity index (χ3n) is 3.31. The minimum absolute atomic E-state index is 0.00495. The fourth-order valence-corrected chi connectivity index (χ4v) is 2.08. The van der Waals surface area contributed by atoms with Crippen LogP contribution in [-0.2, 0) is 4.74 Å². The molecular weight excluding hydrogens is 254 g/mol. The lowest BCUT2D eigenvalue weighted by atomic mass is 9.98. The number of methoxy groups -OCH3 is 1. The van der Waals surface area contributed by atoms with Crippen LogP contribution in [0.25, 0.3) is 0 Å². The molecule has 20 heavy (non-hydrogen) atoms. The van der Waals surface area contributed by atoms with Gasteiger partial charge in [-0.3, -0.25) is 0 Å². The number of oxime groups is 1. The highest BCUT2D eigenvalue weighted by atomic mass is 16.5. The highest BCUT2D eigenvalue weighted by Crippen LogP contribution is 2.19. The van der Waals surface area contributed by atoms with E-state index in [1.165, 1.54) is 0 Å². The van der Waals surface area contributed by atoms with E-state index in [1.54, 1.807) is 7.11 Å². The standard InChI is InChI=1S/C15H25N3O2/c1-11(2)14(10-20-3)17-13(9-15(16)18-19)12-7-5-4-6-8-12/h4-8,11,13-14,17,19H,9-10H2,1-3H3,(H2,16,18).